The van der Waals surface area contributed by atoms with Gasteiger partial charge >= 0.3 is 6.18 Å². The Labute approximate surface area is 203 Å². The maximum Gasteiger partial charge on any atom is 0.435 e. The highest BCUT2D eigenvalue weighted by molar-refractivity contribution is 9.11. The van der Waals surface area contributed by atoms with Gasteiger partial charge < -0.3 is 9.74 Å². The maximum atomic E-state index is 14.2. The Bertz CT molecular complexity index is 1070. The Morgan fingerprint density at radius 3 is 2.38 bits per heavy atom. The highest BCUT2D eigenvalue weighted by Crippen LogP contribution is 2.50. The minimum atomic E-state index is -4.83. The van der Waals surface area contributed by atoms with E-state index in [9.17, 15) is 22.4 Å². The highest BCUT2D eigenvalue weighted by atomic mass is 79.9. The molecule has 0 fully saturated rings. The average Bonchev–Trinajstić information content (AvgIpc) is 3.17. The minimum absolute atomic E-state index is 0.0475. The minimum Gasteiger partial charge on any atom is -0.374 e. The Balaban J connectivity index is 1.94. The van der Waals surface area contributed by atoms with Gasteiger partial charge in [-0.3, -0.25) is 4.79 Å². The lowest BCUT2D eigenvalue weighted by atomic mass is 9.86. The summed E-state index contributed by atoms with van der Waals surface area (Å²) in [6.07, 6.45) is -5.45. The fourth-order valence-electron chi connectivity index (χ4n) is 3.35. The van der Waals surface area contributed by atoms with E-state index in [1.165, 1.54) is 13.0 Å². The Morgan fingerprint density at radius 2 is 1.88 bits per heavy atom. The first-order valence-electron chi connectivity index (χ1n) is 9.40. The van der Waals surface area contributed by atoms with Crippen molar-refractivity contribution >= 4 is 55.1 Å². The van der Waals surface area contributed by atoms with Gasteiger partial charge in [-0.25, -0.2) is 4.39 Å². The fourth-order valence-corrected chi connectivity index (χ4v) is 4.78. The molecule has 0 bridgehead atoms. The molecule has 11 heteroatoms. The summed E-state index contributed by atoms with van der Waals surface area (Å²) < 4.78 is 56.2. The number of halogens is 7. The lowest BCUT2D eigenvalue weighted by molar-refractivity contribution is -0.275. The zero-order chi connectivity index (χ0) is 23.8. The number of carbonyl (C=O) groups is 1. The molecule has 32 heavy (non-hydrogen) atoms. The van der Waals surface area contributed by atoms with Gasteiger partial charge in [-0.05, 0) is 62.5 Å². The quantitative estimate of drug-likeness (QED) is 0.275. The van der Waals surface area contributed by atoms with Crippen LogP contribution in [0.4, 0.5) is 17.6 Å². The molecule has 2 aromatic carbocycles. The summed E-state index contributed by atoms with van der Waals surface area (Å²) in [5.74, 6) is -0.841. The van der Waals surface area contributed by atoms with Gasteiger partial charge in [0.15, 0.2) is 5.82 Å². The third-order valence-electron chi connectivity index (χ3n) is 5.21. The van der Waals surface area contributed by atoms with Crippen molar-refractivity contribution in [2.24, 2.45) is 5.16 Å². The molecule has 0 radical (unpaired) electrons. The van der Waals surface area contributed by atoms with Gasteiger partial charge in [0, 0.05) is 42.6 Å². The fraction of sp³-hybridized carbons (Fsp3) is 0.333. The molecule has 0 spiro atoms. The smallest absolute Gasteiger partial charge is 0.374 e. The number of hydrogen-bond acceptors (Lipinski definition) is 3. The van der Waals surface area contributed by atoms with Crippen molar-refractivity contribution in [2.45, 2.75) is 38.6 Å². The lowest BCUT2D eigenvalue weighted by Gasteiger charge is -2.30. The van der Waals surface area contributed by atoms with E-state index in [2.05, 4.69) is 37.0 Å². The van der Waals surface area contributed by atoms with Crippen LogP contribution in [-0.4, -0.2) is 29.2 Å². The second-order valence-corrected chi connectivity index (χ2v) is 9.34. The molecule has 1 aliphatic heterocycles. The molecule has 172 valence electrons. The van der Waals surface area contributed by atoms with E-state index in [0.717, 1.165) is 12.1 Å². The molecule has 0 saturated heterocycles. The van der Waals surface area contributed by atoms with Crippen molar-refractivity contribution < 1.29 is 27.2 Å². The number of rotatable bonds is 5. The molecule has 0 saturated carbocycles. The van der Waals surface area contributed by atoms with Crippen molar-refractivity contribution in [2.75, 3.05) is 6.54 Å². The molecule has 4 nitrogen and oxygen atoms in total. The molecule has 2 aromatic rings. The van der Waals surface area contributed by atoms with Crippen molar-refractivity contribution in [1.82, 2.24) is 4.90 Å². The highest BCUT2D eigenvalue weighted by Gasteiger charge is 2.62. The van der Waals surface area contributed by atoms with Crippen LogP contribution in [0.3, 0.4) is 0 Å². The molecular formula is C21H17Br2ClF4N2O2. The number of hydrogen-bond donors (Lipinski definition) is 0. The molecule has 0 aromatic heterocycles. The third kappa shape index (κ3) is 4.68. The topological polar surface area (TPSA) is 41.9 Å². The molecule has 1 aliphatic rings. The Kier molecular flexibility index (Phi) is 7.26. The summed E-state index contributed by atoms with van der Waals surface area (Å²) in [6, 6.07) is 6.78. The largest absolute Gasteiger partial charge is 0.435 e. The molecule has 1 unspecified atom stereocenters. The van der Waals surface area contributed by atoms with Gasteiger partial charge in [-0.2, -0.15) is 13.2 Å². The predicted molar refractivity (Wildman–Crippen MR) is 120 cm³/mol. The first-order valence-corrected chi connectivity index (χ1v) is 11.4. The summed E-state index contributed by atoms with van der Waals surface area (Å²) in [5, 5.41) is 4.00. The van der Waals surface area contributed by atoms with E-state index in [1.54, 1.807) is 17.0 Å². The maximum absolute atomic E-state index is 14.2. The number of benzene rings is 2. The standard InChI is InChI=1S/C21H17Br2ClF4N2O2/c1-3-30(11(2)31)10-13-5-4-12(6-17(13)24)18-9-20(32-29-18,21(26,27)28)14-7-15(22)19(25)16(23)8-14/h4-8H,3,9-10H2,1-2H3. The molecule has 1 heterocycles. The lowest BCUT2D eigenvalue weighted by Crippen LogP contribution is -2.42. The van der Waals surface area contributed by atoms with Crippen molar-refractivity contribution in [3.63, 3.8) is 0 Å². The zero-order valence-corrected chi connectivity index (χ0v) is 20.8. The summed E-state index contributed by atoms with van der Waals surface area (Å²) in [7, 11) is 0. The first-order chi connectivity index (χ1) is 14.9. The summed E-state index contributed by atoms with van der Waals surface area (Å²) in [4.78, 5) is 18.2. The van der Waals surface area contributed by atoms with Crippen LogP contribution in [0.1, 0.15) is 37.0 Å². The normalized spacial score (nSPS) is 18.3. The van der Waals surface area contributed by atoms with Crippen LogP contribution in [0.2, 0.25) is 5.02 Å². The van der Waals surface area contributed by atoms with Crippen molar-refractivity contribution in [1.29, 1.82) is 0 Å². The van der Waals surface area contributed by atoms with Gasteiger partial charge in [0.1, 0.15) is 0 Å². The number of oxime groups is 1. The van der Waals surface area contributed by atoms with E-state index in [4.69, 9.17) is 16.4 Å². The van der Waals surface area contributed by atoms with Gasteiger partial charge in [-0.15, -0.1) is 0 Å². The van der Waals surface area contributed by atoms with Gasteiger partial charge in [-0.1, -0.05) is 28.9 Å². The molecule has 1 amide bonds. The van der Waals surface area contributed by atoms with E-state index in [1.807, 2.05) is 6.92 Å². The number of amides is 1. The van der Waals surface area contributed by atoms with Crippen molar-refractivity contribution in [3.8, 4) is 0 Å². The van der Waals surface area contributed by atoms with E-state index in [-0.39, 0.29) is 32.7 Å². The SMILES string of the molecule is CCN(Cc1ccc(C2=NOC(c3cc(Br)c(F)c(Br)c3)(C(F)(F)F)C2)cc1Cl)C(C)=O. The van der Waals surface area contributed by atoms with E-state index < -0.39 is 24.0 Å². The van der Waals surface area contributed by atoms with Crippen LogP contribution >= 0.6 is 43.5 Å². The number of alkyl halides is 3. The van der Waals surface area contributed by atoms with Crippen LogP contribution in [0.15, 0.2) is 44.4 Å². The van der Waals surface area contributed by atoms with Gasteiger partial charge in [0.05, 0.1) is 14.7 Å². The van der Waals surface area contributed by atoms with Crippen LogP contribution < -0.4 is 0 Å². The van der Waals surface area contributed by atoms with E-state index >= 15 is 0 Å². The molecule has 0 N–H and O–H groups in total. The summed E-state index contributed by atoms with van der Waals surface area (Å²) >= 11 is 12.2. The molecular weight excluding hydrogens is 583 g/mol. The molecule has 1 atom stereocenters. The third-order valence-corrected chi connectivity index (χ3v) is 6.72. The Morgan fingerprint density at radius 1 is 1.25 bits per heavy atom. The van der Waals surface area contributed by atoms with Gasteiger partial charge in [0.25, 0.3) is 5.60 Å². The van der Waals surface area contributed by atoms with Gasteiger partial charge in [0.2, 0.25) is 5.91 Å². The predicted octanol–water partition coefficient (Wildman–Crippen LogP) is 6.95. The van der Waals surface area contributed by atoms with Crippen LogP contribution in [0.5, 0.6) is 0 Å². The molecule has 0 aliphatic carbocycles. The first kappa shape index (κ1) is 25.0. The van der Waals surface area contributed by atoms with E-state index in [0.29, 0.717) is 22.7 Å². The monoisotopic (exact) mass is 598 g/mol. The molecule has 3 rings (SSSR count). The summed E-state index contributed by atoms with van der Waals surface area (Å²) in [5.41, 5.74) is -2.02. The van der Waals surface area contributed by atoms with Crippen LogP contribution in [-0.2, 0) is 21.8 Å². The Hall–Kier alpha value is -1.65. The second kappa shape index (κ2) is 9.30. The summed E-state index contributed by atoms with van der Waals surface area (Å²) in [6.45, 7) is 4.04. The number of carbonyl (C=O) groups excluding carboxylic acids is 1. The average molecular weight is 601 g/mol. The van der Waals surface area contributed by atoms with Crippen molar-refractivity contribution in [3.05, 3.63) is 66.8 Å². The van der Waals surface area contributed by atoms with Crippen LogP contribution in [0, 0.1) is 5.82 Å². The van der Waals surface area contributed by atoms with Crippen LogP contribution in [0.25, 0.3) is 0 Å². The second-order valence-electron chi connectivity index (χ2n) is 7.22. The number of nitrogens with zero attached hydrogens (tertiary/aromatic N) is 2. The zero-order valence-electron chi connectivity index (χ0n) is 16.9.